The lowest BCUT2D eigenvalue weighted by molar-refractivity contribution is -0.163. The zero-order valence-electron chi connectivity index (χ0n) is 21.5. The maximum atomic E-state index is 13.6. The van der Waals surface area contributed by atoms with Gasteiger partial charge in [0.05, 0.1) is 18.6 Å². The summed E-state index contributed by atoms with van der Waals surface area (Å²) in [6.45, 7) is 2.91. The van der Waals surface area contributed by atoms with E-state index in [-0.39, 0.29) is 29.5 Å². The molecule has 7 nitrogen and oxygen atoms in total. The Morgan fingerprint density at radius 2 is 1.78 bits per heavy atom. The largest absolute Gasteiger partial charge is 0.497 e. The molecule has 196 valence electrons. The van der Waals surface area contributed by atoms with Crippen molar-refractivity contribution in [2.45, 2.75) is 75.9 Å². The summed E-state index contributed by atoms with van der Waals surface area (Å²) in [6, 6.07) is 8.44. The predicted octanol–water partition coefficient (Wildman–Crippen LogP) is 3.76. The van der Waals surface area contributed by atoms with E-state index in [1.807, 2.05) is 21.9 Å². The first-order valence-corrected chi connectivity index (χ1v) is 14.1. The van der Waals surface area contributed by atoms with Crippen molar-refractivity contribution in [3.8, 4) is 5.75 Å². The number of piperidine rings is 2. The number of benzene rings is 1. The molecule has 0 spiro atoms. The van der Waals surface area contributed by atoms with Crippen LogP contribution in [0.15, 0.2) is 24.3 Å². The number of ether oxygens (including phenoxy) is 1. The minimum absolute atomic E-state index is 0.0300. The molecule has 6 aliphatic rings. The van der Waals surface area contributed by atoms with Crippen LogP contribution in [0.25, 0.3) is 0 Å². The molecule has 1 aromatic rings. The van der Waals surface area contributed by atoms with E-state index in [9.17, 15) is 14.7 Å². The van der Waals surface area contributed by atoms with Crippen LogP contribution < -0.4 is 10.1 Å². The maximum absolute atomic E-state index is 13.6. The first kappa shape index (κ1) is 24.1. The smallest absolute Gasteiger partial charge is 0.320 e. The van der Waals surface area contributed by atoms with Gasteiger partial charge in [0, 0.05) is 32.2 Å². The molecule has 0 radical (unpaired) electrons. The van der Waals surface area contributed by atoms with Crippen LogP contribution in [0.3, 0.4) is 0 Å². The number of likely N-dealkylation sites (tertiary alicyclic amines) is 2. The molecule has 0 aromatic heterocycles. The minimum Gasteiger partial charge on any atom is -0.497 e. The van der Waals surface area contributed by atoms with Crippen LogP contribution in [0.2, 0.25) is 0 Å². The number of methoxy groups -OCH3 is 1. The van der Waals surface area contributed by atoms with Gasteiger partial charge in [-0.05, 0) is 99.2 Å². The number of carbonyl (C=O) groups excluding carboxylic acids is 2. The number of nitrogens with zero attached hydrogens (tertiary/aromatic N) is 2. The molecular formula is C29H41N3O4. The second kappa shape index (κ2) is 9.55. The van der Waals surface area contributed by atoms with Gasteiger partial charge < -0.3 is 25.0 Å². The third-order valence-electron chi connectivity index (χ3n) is 10.1. The molecule has 2 aliphatic heterocycles. The summed E-state index contributed by atoms with van der Waals surface area (Å²) in [7, 11) is 1.70. The van der Waals surface area contributed by atoms with Crippen molar-refractivity contribution < 1.29 is 19.4 Å². The summed E-state index contributed by atoms with van der Waals surface area (Å²) in [5, 5.41) is 14.0. The fourth-order valence-electron chi connectivity index (χ4n) is 8.38. The molecule has 6 fully saturated rings. The first-order chi connectivity index (χ1) is 17.4. The number of hydrogen-bond donors (Lipinski definition) is 2. The van der Waals surface area contributed by atoms with E-state index in [0.717, 1.165) is 83.2 Å². The molecule has 3 unspecified atom stereocenters. The van der Waals surface area contributed by atoms with Gasteiger partial charge in [-0.2, -0.15) is 0 Å². The van der Waals surface area contributed by atoms with Gasteiger partial charge in [0.2, 0.25) is 5.91 Å². The number of aliphatic hydroxyl groups is 1. The van der Waals surface area contributed by atoms with Crippen LogP contribution in [0.1, 0.15) is 69.3 Å². The summed E-state index contributed by atoms with van der Waals surface area (Å²) in [6.07, 6.45) is 8.41. The zero-order valence-corrected chi connectivity index (χ0v) is 21.5. The lowest BCUT2D eigenvalue weighted by Gasteiger charge is -2.58. The average Bonchev–Trinajstić information content (AvgIpc) is 2.91. The Kier molecular flexibility index (Phi) is 6.39. The third kappa shape index (κ3) is 4.37. The van der Waals surface area contributed by atoms with Crippen LogP contribution in [-0.4, -0.2) is 72.3 Å². The Labute approximate surface area is 214 Å². The lowest BCUT2D eigenvalue weighted by Crippen LogP contribution is -2.61. The van der Waals surface area contributed by atoms with Crippen molar-refractivity contribution in [2.75, 3.05) is 33.3 Å². The molecule has 4 saturated carbocycles. The molecule has 36 heavy (non-hydrogen) atoms. The second-order valence-corrected chi connectivity index (χ2v) is 12.3. The number of aliphatic hydroxyl groups excluding tert-OH is 1. The van der Waals surface area contributed by atoms with Crippen LogP contribution in [0, 0.1) is 23.2 Å². The molecular weight excluding hydrogens is 454 g/mol. The number of hydrogen-bond acceptors (Lipinski definition) is 4. The molecule has 1 aromatic carbocycles. The molecule has 2 N–H and O–H groups in total. The fraction of sp³-hybridized carbons (Fsp3) is 0.724. The summed E-state index contributed by atoms with van der Waals surface area (Å²) in [4.78, 5) is 30.9. The molecule has 7 heteroatoms. The van der Waals surface area contributed by atoms with Crippen molar-refractivity contribution in [3.05, 3.63) is 29.8 Å². The standard InChI is InChI=1S/C29H41N3O4/c1-36-25-6-2-4-21(14-25)20-7-10-31(11-8-20)28(35)32-9-3-5-24(18-32)30-27(34)29-15-19-12-22(16-29)26(33)23(13-19)17-29/h2,4,6,14,19-20,22-24,26,33H,3,5,7-13,15-18H2,1H3,(H,30,34)/t19?,22-,23?,24+,26?,29-/m1/s1. The van der Waals surface area contributed by atoms with Gasteiger partial charge in [-0.1, -0.05) is 12.1 Å². The fourth-order valence-corrected chi connectivity index (χ4v) is 8.38. The normalized spacial score (nSPS) is 36.1. The van der Waals surface area contributed by atoms with Gasteiger partial charge in [-0.3, -0.25) is 4.79 Å². The van der Waals surface area contributed by atoms with Crippen LogP contribution in [0.4, 0.5) is 4.79 Å². The number of carbonyl (C=O) groups is 2. The van der Waals surface area contributed by atoms with Gasteiger partial charge in [-0.15, -0.1) is 0 Å². The van der Waals surface area contributed by atoms with Gasteiger partial charge in [-0.25, -0.2) is 4.79 Å². The third-order valence-corrected chi connectivity index (χ3v) is 10.1. The highest BCUT2D eigenvalue weighted by atomic mass is 16.5. The van der Waals surface area contributed by atoms with Crippen LogP contribution in [0.5, 0.6) is 5.75 Å². The summed E-state index contributed by atoms with van der Waals surface area (Å²) >= 11 is 0. The molecule has 6 atom stereocenters. The molecule has 2 saturated heterocycles. The Hall–Kier alpha value is -2.28. The van der Waals surface area contributed by atoms with Gasteiger partial charge in [0.15, 0.2) is 0 Å². The highest BCUT2D eigenvalue weighted by Gasteiger charge is 2.58. The monoisotopic (exact) mass is 495 g/mol. The van der Waals surface area contributed by atoms with E-state index in [0.29, 0.717) is 30.2 Å². The van der Waals surface area contributed by atoms with E-state index in [4.69, 9.17) is 4.74 Å². The SMILES string of the molecule is COc1cccc(C2CCN(C(=O)N3CCC[C@H](NC(=O)[C@@]45CC6CC(C4)C(O)[C@H](C6)C5)C3)CC2)c1. The summed E-state index contributed by atoms with van der Waals surface area (Å²) < 4.78 is 5.38. The lowest BCUT2D eigenvalue weighted by atomic mass is 9.48. The van der Waals surface area contributed by atoms with E-state index < -0.39 is 0 Å². The van der Waals surface area contributed by atoms with E-state index in [1.165, 1.54) is 5.56 Å². The predicted molar refractivity (Wildman–Crippen MR) is 137 cm³/mol. The average molecular weight is 496 g/mol. The van der Waals surface area contributed by atoms with E-state index in [1.54, 1.807) is 7.11 Å². The first-order valence-electron chi connectivity index (χ1n) is 14.1. The van der Waals surface area contributed by atoms with Gasteiger partial charge in [0.25, 0.3) is 0 Å². The summed E-state index contributed by atoms with van der Waals surface area (Å²) in [5.41, 5.74) is 1.00. The van der Waals surface area contributed by atoms with Crippen molar-refractivity contribution >= 4 is 11.9 Å². The van der Waals surface area contributed by atoms with Gasteiger partial charge in [0.1, 0.15) is 5.75 Å². The van der Waals surface area contributed by atoms with Crippen molar-refractivity contribution in [1.29, 1.82) is 0 Å². The number of urea groups is 1. The molecule has 2 heterocycles. The number of amides is 3. The Morgan fingerprint density at radius 3 is 2.50 bits per heavy atom. The van der Waals surface area contributed by atoms with Crippen molar-refractivity contribution in [3.63, 3.8) is 0 Å². The molecule has 4 aliphatic carbocycles. The highest BCUT2D eigenvalue weighted by Crippen LogP contribution is 2.60. The molecule has 7 rings (SSSR count). The second-order valence-electron chi connectivity index (χ2n) is 12.3. The minimum atomic E-state index is -0.288. The topological polar surface area (TPSA) is 82.1 Å². The zero-order chi connectivity index (χ0) is 24.9. The maximum Gasteiger partial charge on any atom is 0.320 e. The Balaban J connectivity index is 1.03. The van der Waals surface area contributed by atoms with Crippen molar-refractivity contribution in [2.24, 2.45) is 23.2 Å². The molecule has 4 bridgehead atoms. The Morgan fingerprint density at radius 1 is 1.03 bits per heavy atom. The van der Waals surface area contributed by atoms with Gasteiger partial charge >= 0.3 is 6.03 Å². The quantitative estimate of drug-likeness (QED) is 0.666. The number of rotatable bonds is 4. The van der Waals surface area contributed by atoms with Crippen LogP contribution >= 0.6 is 0 Å². The number of nitrogens with one attached hydrogen (secondary N) is 1. The highest BCUT2D eigenvalue weighted by molar-refractivity contribution is 5.83. The van der Waals surface area contributed by atoms with E-state index in [2.05, 4.69) is 17.4 Å². The Bertz CT molecular complexity index is 974. The molecule has 3 amide bonds. The van der Waals surface area contributed by atoms with E-state index >= 15 is 0 Å². The van der Waals surface area contributed by atoms with Crippen molar-refractivity contribution in [1.82, 2.24) is 15.1 Å². The summed E-state index contributed by atoms with van der Waals surface area (Å²) in [5.74, 6) is 2.72. The van der Waals surface area contributed by atoms with Crippen LogP contribution in [-0.2, 0) is 4.79 Å².